The molecule has 1 saturated heterocycles. The lowest BCUT2D eigenvalue weighted by atomic mass is 10.1. The topological polar surface area (TPSA) is 134 Å². The number of piperidine rings is 1. The van der Waals surface area contributed by atoms with Crippen LogP contribution in [0.5, 0.6) is 5.75 Å². The van der Waals surface area contributed by atoms with Crippen LogP contribution in [-0.2, 0) is 11.8 Å². The number of amidine groups is 1. The number of nitrogens with one attached hydrogen (secondary N) is 1. The molecule has 11 nitrogen and oxygen atoms in total. The second-order valence-corrected chi connectivity index (χ2v) is 10.9. The zero-order chi connectivity index (χ0) is 32.5. The maximum Gasteiger partial charge on any atom is 0.182 e. The minimum Gasteiger partial charge on any atom is -0.488 e. The quantitative estimate of drug-likeness (QED) is 0.173. The van der Waals surface area contributed by atoms with E-state index >= 15 is 0 Å². The SMILES string of the molecule is CC(C)Oc1c(C=O)c(/N=C(/C(C)C)N(C)CC(=O)c2ccccc2)n(C)c1C=O.CNC1CCN(C)CC1.O=CCO. The van der Waals surface area contributed by atoms with Crippen molar-refractivity contribution in [2.24, 2.45) is 18.0 Å². The Morgan fingerprint density at radius 2 is 1.67 bits per heavy atom. The summed E-state index contributed by atoms with van der Waals surface area (Å²) in [5.41, 5.74) is 1.08. The van der Waals surface area contributed by atoms with Gasteiger partial charge in [0.15, 0.2) is 24.1 Å². The molecule has 0 bridgehead atoms. The van der Waals surface area contributed by atoms with Gasteiger partial charge in [0.1, 0.15) is 29.2 Å². The average Bonchev–Trinajstić information content (AvgIpc) is 3.24. The van der Waals surface area contributed by atoms with E-state index < -0.39 is 0 Å². The van der Waals surface area contributed by atoms with Gasteiger partial charge in [-0.05, 0) is 53.9 Å². The lowest BCUT2D eigenvalue weighted by molar-refractivity contribution is -0.110. The molecule has 2 N–H and O–H groups in total. The van der Waals surface area contributed by atoms with Crippen molar-refractivity contribution < 1.29 is 29.0 Å². The van der Waals surface area contributed by atoms with Gasteiger partial charge in [0.05, 0.1) is 19.3 Å². The van der Waals surface area contributed by atoms with Crippen LogP contribution in [0.25, 0.3) is 0 Å². The van der Waals surface area contributed by atoms with Crippen molar-refractivity contribution in [1.29, 1.82) is 0 Å². The number of likely N-dealkylation sites (tertiary alicyclic amines) is 1. The third-order valence-corrected chi connectivity index (χ3v) is 6.79. The number of aldehydes is 3. The van der Waals surface area contributed by atoms with Crippen molar-refractivity contribution in [3.63, 3.8) is 0 Å². The number of aromatic nitrogens is 1. The van der Waals surface area contributed by atoms with Gasteiger partial charge in [-0.15, -0.1) is 0 Å². The van der Waals surface area contributed by atoms with E-state index in [1.165, 1.54) is 25.9 Å². The Morgan fingerprint density at radius 1 is 1.09 bits per heavy atom. The molecule has 1 aromatic heterocycles. The first-order valence-corrected chi connectivity index (χ1v) is 14.5. The summed E-state index contributed by atoms with van der Waals surface area (Å²) in [4.78, 5) is 53.9. The second-order valence-electron chi connectivity index (χ2n) is 10.9. The van der Waals surface area contributed by atoms with E-state index in [1.54, 1.807) is 35.7 Å². The first kappa shape index (κ1) is 37.4. The third-order valence-electron chi connectivity index (χ3n) is 6.79. The van der Waals surface area contributed by atoms with E-state index in [1.807, 2.05) is 45.9 Å². The molecule has 0 atom stereocenters. The molecular formula is C32H49N5O6. The average molecular weight is 600 g/mol. The molecule has 2 aromatic rings. The first-order chi connectivity index (χ1) is 20.4. The zero-order valence-corrected chi connectivity index (χ0v) is 26.9. The summed E-state index contributed by atoms with van der Waals surface area (Å²) >= 11 is 0. The van der Waals surface area contributed by atoms with Gasteiger partial charge in [-0.2, -0.15) is 0 Å². The summed E-state index contributed by atoms with van der Waals surface area (Å²) in [7, 11) is 7.69. The Balaban J connectivity index is 0.000000586. The molecule has 238 valence electrons. The highest BCUT2D eigenvalue weighted by molar-refractivity contribution is 6.01. The predicted molar refractivity (Wildman–Crippen MR) is 170 cm³/mol. The number of likely N-dealkylation sites (N-methyl/N-ethyl adjacent to an activating group) is 1. The molecule has 1 aromatic carbocycles. The van der Waals surface area contributed by atoms with E-state index in [4.69, 9.17) is 19.6 Å². The lowest BCUT2D eigenvalue weighted by Gasteiger charge is -2.28. The number of rotatable bonds is 11. The lowest BCUT2D eigenvalue weighted by Crippen LogP contribution is -2.39. The summed E-state index contributed by atoms with van der Waals surface area (Å²) in [5, 5.41) is 10.8. The molecule has 1 fully saturated rings. The van der Waals surface area contributed by atoms with Gasteiger partial charge in [-0.25, -0.2) is 4.99 Å². The fourth-order valence-electron chi connectivity index (χ4n) is 4.49. The Kier molecular flexibility index (Phi) is 16.9. The van der Waals surface area contributed by atoms with Crippen LogP contribution in [0.2, 0.25) is 0 Å². The Hall–Kier alpha value is -3.67. The minimum absolute atomic E-state index is 0.0258. The number of hydrogen-bond acceptors (Lipinski definition) is 9. The molecule has 0 amide bonds. The highest BCUT2D eigenvalue weighted by Crippen LogP contribution is 2.35. The van der Waals surface area contributed by atoms with Gasteiger partial charge < -0.3 is 34.3 Å². The predicted octanol–water partition coefficient (Wildman–Crippen LogP) is 3.42. The fraction of sp³-hybridized carbons (Fsp3) is 0.531. The van der Waals surface area contributed by atoms with Gasteiger partial charge in [0.25, 0.3) is 0 Å². The fourth-order valence-corrected chi connectivity index (χ4v) is 4.49. The van der Waals surface area contributed by atoms with Crippen LogP contribution in [-0.4, -0.2) is 109 Å². The van der Waals surface area contributed by atoms with Gasteiger partial charge in [0.2, 0.25) is 0 Å². The molecule has 0 aliphatic carbocycles. The molecule has 0 radical (unpaired) electrons. The molecule has 1 aliphatic rings. The maximum atomic E-state index is 12.6. The smallest absolute Gasteiger partial charge is 0.182 e. The third kappa shape index (κ3) is 11.9. The number of aliphatic hydroxyl groups excluding tert-OH is 1. The van der Waals surface area contributed by atoms with E-state index in [0.29, 0.717) is 36.1 Å². The molecular weight excluding hydrogens is 550 g/mol. The molecule has 43 heavy (non-hydrogen) atoms. The number of ketones is 1. The van der Waals surface area contributed by atoms with Crippen LogP contribution in [0.15, 0.2) is 35.3 Å². The van der Waals surface area contributed by atoms with E-state index in [9.17, 15) is 14.4 Å². The number of carbonyl (C=O) groups excluding carboxylic acids is 4. The molecule has 0 unspecified atom stereocenters. The van der Waals surface area contributed by atoms with Gasteiger partial charge in [0, 0.05) is 31.6 Å². The molecule has 2 heterocycles. The van der Waals surface area contributed by atoms with Crippen LogP contribution in [0.3, 0.4) is 0 Å². The van der Waals surface area contributed by atoms with Crippen molar-refractivity contribution in [2.75, 3.05) is 47.4 Å². The van der Waals surface area contributed by atoms with E-state index in [0.717, 1.165) is 6.04 Å². The summed E-state index contributed by atoms with van der Waals surface area (Å²) in [6.45, 7) is 9.84. The largest absolute Gasteiger partial charge is 0.488 e. The number of aliphatic hydroxyl groups is 1. The number of aliphatic imine (C=N–C) groups is 1. The van der Waals surface area contributed by atoms with Crippen molar-refractivity contribution in [3.8, 4) is 5.75 Å². The number of benzene rings is 1. The van der Waals surface area contributed by atoms with Crippen LogP contribution in [0, 0.1) is 5.92 Å². The number of ether oxygens (including phenoxy) is 1. The number of hydrogen-bond donors (Lipinski definition) is 2. The Labute approximate surface area is 255 Å². The van der Waals surface area contributed by atoms with Crippen molar-refractivity contribution in [3.05, 3.63) is 47.2 Å². The second kappa shape index (κ2) is 19.5. The summed E-state index contributed by atoms with van der Waals surface area (Å²) < 4.78 is 7.27. The standard InChI is InChI=1S/C23H29N3O4.C7H16N2.C2H4O2/c1-15(2)22(25(5)12-20(29)17-10-8-7-9-11-17)24-23-18(13-27)21(30-16(3)4)19(14-28)26(23)6;1-8-7-3-5-9(2)6-4-7;3-1-2-4/h7-11,13-16H,12H2,1-6H3;7-8H,3-6H2,1-2H3;1,4H,2H2/b24-22-;;. The molecule has 11 heteroatoms. The normalized spacial score (nSPS) is 13.9. The Bertz CT molecular complexity index is 1180. The monoisotopic (exact) mass is 599 g/mol. The van der Waals surface area contributed by atoms with Crippen molar-refractivity contribution in [2.45, 2.75) is 52.7 Å². The number of nitrogens with zero attached hydrogens (tertiary/aromatic N) is 4. The number of carbonyl (C=O) groups is 4. The van der Waals surface area contributed by atoms with Crippen LogP contribution < -0.4 is 10.1 Å². The van der Waals surface area contributed by atoms with E-state index in [-0.39, 0.29) is 48.0 Å². The first-order valence-electron chi connectivity index (χ1n) is 14.5. The number of Topliss-reactive ketones (excluding diaryl/α,β-unsaturated/α-hetero) is 1. The summed E-state index contributed by atoms with van der Waals surface area (Å²) in [5.74, 6) is 1.11. The van der Waals surface area contributed by atoms with E-state index in [2.05, 4.69) is 24.3 Å². The van der Waals surface area contributed by atoms with Crippen molar-refractivity contribution in [1.82, 2.24) is 19.7 Å². The summed E-state index contributed by atoms with van der Waals surface area (Å²) in [6, 6.07) is 9.83. The molecule has 0 spiro atoms. The van der Waals surface area contributed by atoms with Crippen LogP contribution in [0.4, 0.5) is 5.82 Å². The molecule has 3 rings (SSSR count). The van der Waals surface area contributed by atoms with Crippen LogP contribution in [0.1, 0.15) is 71.7 Å². The van der Waals surface area contributed by atoms with Gasteiger partial charge in [-0.3, -0.25) is 14.4 Å². The van der Waals surface area contributed by atoms with Crippen molar-refractivity contribution >= 4 is 36.3 Å². The van der Waals surface area contributed by atoms with Gasteiger partial charge in [-0.1, -0.05) is 44.2 Å². The Morgan fingerprint density at radius 3 is 2.12 bits per heavy atom. The van der Waals surface area contributed by atoms with Crippen LogP contribution >= 0.6 is 0 Å². The maximum absolute atomic E-state index is 12.6. The molecule has 0 saturated carbocycles. The highest BCUT2D eigenvalue weighted by Gasteiger charge is 2.25. The highest BCUT2D eigenvalue weighted by atomic mass is 16.5. The summed E-state index contributed by atoms with van der Waals surface area (Å²) in [6.07, 6.45) is 4.15. The zero-order valence-electron chi connectivity index (χ0n) is 26.9. The molecule has 1 aliphatic heterocycles. The van der Waals surface area contributed by atoms with Gasteiger partial charge >= 0.3 is 0 Å². The minimum atomic E-state index is -0.361.